The van der Waals surface area contributed by atoms with Crippen LogP contribution in [0.2, 0.25) is 0 Å². The lowest BCUT2D eigenvalue weighted by Gasteiger charge is -2.35. The van der Waals surface area contributed by atoms with Crippen molar-refractivity contribution in [2.75, 3.05) is 32.7 Å². The molecule has 1 aromatic heterocycles. The summed E-state index contributed by atoms with van der Waals surface area (Å²) in [7, 11) is 0. The smallest absolute Gasteiger partial charge is 0.321 e. The van der Waals surface area contributed by atoms with Gasteiger partial charge in [0.1, 0.15) is 11.6 Å². The number of aliphatic carboxylic acids is 1. The molecule has 37 heavy (non-hydrogen) atoms. The monoisotopic (exact) mass is 501 g/mol. The summed E-state index contributed by atoms with van der Waals surface area (Å²) in [5.41, 5.74) is 3.44. The second-order valence-electron chi connectivity index (χ2n) is 11.5. The average Bonchev–Trinajstić information content (AvgIpc) is 3.55. The van der Waals surface area contributed by atoms with Gasteiger partial charge in [0.15, 0.2) is 0 Å². The highest BCUT2D eigenvalue weighted by Gasteiger charge is 2.43. The Morgan fingerprint density at radius 3 is 2.41 bits per heavy atom. The van der Waals surface area contributed by atoms with Crippen LogP contribution in [0.4, 0.5) is 0 Å². The molecular weight excluding hydrogens is 462 g/mol. The number of carboxylic acids is 1. The van der Waals surface area contributed by atoms with Gasteiger partial charge in [-0.15, -0.1) is 5.10 Å². The lowest BCUT2D eigenvalue weighted by atomic mass is 9.83. The number of aromatic nitrogens is 3. The maximum atomic E-state index is 12.5. The zero-order valence-electron chi connectivity index (χ0n) is 21.7. The Balaban J connectivity index is 1.15. The van der Waals surface area contributed by atoms with E-state index in [1.54, 1.807) is 0 Å². The molecular formula is C30H39N5O2. The van der Waals surface area contributed by atoms with E-state index in [1.807, 2.05) is 12.1 Å². The Labute approximate surface area is 219 Å². The van der Waals surface area contributed by atoms with Crippen molar-refractivity contribution in [3.63, 3.8) is 0 Å². The highest BCUT2D eigenvalue weighted by Crippen LogP contribution is 2.39. The van der Waals surface area contributed by atoms with Crippen LogP contribution in [0.25, 0.3) is 11.0 Å². The highest BCUT2D eigenvalue weighted by molar-refractivity contribution is 5.74. The number of carboxylic acid groups (broad SMARTS) is 1. The van der Waals surface area contributed by atoms with Gasteiger partial charge in [-0.25, -0.2) is 4.68 Å². The van der Waals surface area contributed by atoms with Crippen LogP contribution in [0, 0.1) is 11.8 Å². The quantitative estimate of drug-likeness (QED) is 0.501. The van der Waals surface area contributed by atoms with Crippen LogP contribution >= 0.6 is 0 Å². The molecule has 0 amide bonds. The molecule has 0 bridgehead atoms. The van der Waals surface area contributed by atoms with Crippen LogP contribution in [0.1, 0.15) is 62.5 Å². The molecule has 3 fully saturated rings. The van der Waals surface area contributed by atoms with Crippen molar-refractivity contribution in [3.8, 4) is 0 Å². The molecule has 0 spiro atoms. The van der Waals surface area contributed by atoms with Gasteiger partial charge >= 0.3 is 5.97 Å². The number of piperidine rings is 1. The van der Waals surface area contributed by atoms with E-state index in [0.717, 1.165) is 69.4 Å². The van der Waals surface area contributed by atoms with Crippen LogP contribution < -0.4 is 0 Å². The lowest BCUT2D eigenvalue weighted by molar-refractivity contribution is -0.145. The molecule has 1 unspecified atom stereocenters. The fraction of sp³-hybridized carbons (Fsp3) is 0.567. The van der Waals surface area contributed by atoms with Gasteiger partial charge in [-0.3, -0.25) is 9.69 Å². The van der Waals surface area contributed by atoms with Crippen LogP contribution in [-0.4, -0.2) is 74.6 Å². The largest absolute Gasteiger partial charge is 0.480 e. The number of benzene rings is 2. The van der Waals surface area contributed by atoms with E-state index in [4.69, 9.17) is 0 Å². The van der Waals surface area contributed by atoms with E-state index in [2.05, 4.69) is 67.3 Å². The maximum absolute atomic E-state index is 12.5. The van der Waals surface area contributed by atoms with Gasteiger partial charge in [-0.1, -0.05) is 66.9 Å². The van der Waals surface area contributed by atoms with Gasteiger partial charge in [0.25, 0.3) is 0 Å². The van der Waals surface area contributed by atoms with Crippen molar-refractivity contribution >= 4 is 17.0 Å². The molecule has 3 heterocycles. The molecule has 1 N–H and O–H groups in total. The van der Waals surface area contributed by atoms with E-state index in [1.165, 1.54) is 24.8 Å². The summed E-state index contributed by atoms with van der Waals surface area (Å²) in [5.74, 6) is 0.482. The van der Waals surface area contributed by atoms with E-state index in [9.17, 15) is 9.90 Å². The number of para-hydroxylation sites is 1. The van der Waals surface area contributed by atoms with Crippen LogP contribution in [0.15, 0.2) is 54.6 Å². The topological polar surface area (TPSA) is 74.5 Å². The molecule has 196 valence electrons. The predicted molar refractivity (Wildman–Crippen MR) is 144 cm³/mol. The first-order chi connectivity index (χ1) is 18.2. The van der Waals surface area contributed by atoms with E-state index in [-0.39, 0.29) is 12.0 Å². The first-order valence-electron chi connectivity index (χ1n) is 14.2. The van der Waals surface area contributed by atoms with Crippen molar-refractivity contribution in [3.05, 3.63) is 60.2 Å². The molecule has 0 radical (unpaired) electrons. The minimum atomic E-state index is -0.625. The van der Waals surface area contributed by atoms with Crippen molar-refractivity contribution in [1.82, 2.24) is 24.8 Å². The zero-order valence-corrected chi connectivity index (χ0v) is 21.7. The SMILES string of the molecule is O=C(O)[C@@H](C1CCCCC1)N1CC(CN2CCC(n3nnc4ccccc43)CC2)[C@@H](c2ccccc2)C1. The molecule has 3 aliphatic rings. The normalized spacial score (nSPS) is 25.5. The summed E-state index contributed by atoms with van der Waals surface area (Å²) in [4.78, 5) is 17.4. The summed E-state index contributed by atoms with van der Waals surface area (Å²) in [5, 5.41) is 19.1. The Kier molecular flexibility index (Phi) is 7.25. The number of hydrogen-bond acceptors (Lipinski definition) is 5. The fourth-order valence-electron chi connectivity index (χ4n) is 7.34. The second-order valence-corrected chi connectivity index (χ2v) is 11.5. The molecule has 7 nitrogen and oxygen atoms in total. The molecule has 3 atom stereocenters. The molecule has 7 heteroatoms. The zero-order chi connectivity index (χ0) is 25.2. The third kappa shape index (κ3) is 5.16. The fourth-order valence-corrected chi connectivity index (χ4v) is 7.34. The van der Waals surface area contributed by atoms with Gasteiger partial charge in [-0.2, -0.15) is 0 Å². The number of nitrogens with zero attached hydrogens (tertiary/aromatic N) is 5. The van der Waals surface area contributed by atoms with E-state index >= 15 is 0 Å². The number of likely N-dealkylation sites (tertiary alicyclic amines) is 2. The summed E-state index contributed by atoms with van der Waals surface area (Å²) in [6.45, 7) is 4.84. The maximum Gasteiger partial charge on any atom is 0.321 e. The average molecular weight is 502 g/mol. The molecule has 2 aliphatic heterocycles. The van der Waals surface area contributed by atoms with Crippen LogP contribution in [0.3, 0.4) is 0 Å². The third-order valence-electron chi connectivity index (χ3n) is 9.21. The van der Waals surface area contributed by atoms with Gasteiger partial charge in [0, 0.05) is 38.6 Å². The molecule has 6 rings (SSSR count). The third-order valence-corrected chi connectivity index (χ3v) is 9.21. The van der Waals surface area contributed by atoms with Gasteiger partial charge < -0.3 is 10.0 Å². The van der Waals surface area contributed by atoms with Gasteiger partial charge in [0.05, 0.1) is 11.6 Å². The van der Waals surface area contributed by atoms with Crippen molar-refractivity contribution in [1.29, 1.82) is 0 Å². The number of fused-ring (bicyclic) bond motifs is 1. The Hall–Kier alpha value is -2.77. The Morgan fingerprint density at radius 2 is 1.65 bits per heavy atom. The van der Waals surface area contributed by atoms with Crippen LogP contribution in [0.5, 0.6) is 0 Å². The molecule has 3 aromatic rings. The highest BCUT2D eigenvalue weighted by atomic mass is 16.4. The summed E-state index contributed by atoms with van der Waals surface area (Å²) < 4.78 is 2.12. The van der Waals surface area contributed by atoms with Crippen molar-refractivity contribution in [2.45, 2.75) is 62.9 Å². The predicted octanol–water partition coefficient (Wildman–Crippen LogP) is 4.82. The van der Waals surface area contributed by atoms with Crippen molar-refractivity contribution < 1.29 is 9.90 Å². The minimum Gasteiger partial charge on any atom is -0.480 e. The van der Waals surface area contributed by atoms with Gasteiger partial charge in [-0.05, 0) is 55.2 Å². The summed E-state index contributed by atoms with van der Waals surface area (Å²) >= 11 is 0. The first-order valence-corrected chi connectivity index (χ1v) is 14.2. The standard InChI is InChI=1S/C30H39N5O2/c36-30(37)29(23-11-5-2-6-12-23)34-20-24(26(21-34)22-9-3-1-4-10-22)19-33-17-15-25(16-18-33)35-28-14-8-7-13-27(28)31-32-35/h1,3-4,7-10,13-14,23-26,29H,2,5-6,11-12,15-21H2,(H,36,37)/t24?,26-,29-/m1/s1. The van der Waals surface area contributed by atoms with Gasteiger partial charge in [0.2, 0.25) is 0 Å². The van der Waals surface area contributed by atoms with Crippen LogP contribution in [-0.2, 0) is 4.79 Å². The van der Waals surface area contributed by atoms with Crippen molar-refractivity contribution in [2.24, 2.45) is 11.8 Å². The molecule has 2 saturated heterocycles. The van der Waals surface area contributed by atoms with E-state index in [0.29, 0.717) is 17.9 Å². The number of rotatable bonds is 7. The molecule has 1 saturated carbocycles. The number of carbonyl (C=O) groups is 1. The molecule has 1 aliphatic carbocycles. The number of hydrogen-bond donors (Lipinski definition) is 1. The lowest BCUT2D eigenvalue weighted by Crippen LogP contribution is -2.46. The minimum absolute atomic E-state index is 0.287. The molecule has 2 aromatic carbocycles. The second kappa shape index (κ2) is 10.9. The van der Waals surface area contributed by atoms with E-state index < -0.39 is 5.97 Å². The summed E-state index contributed by atoms with van der Waals surface area (Å²) in [6.07, 6.45) is 7.84. The summed E-state index contributed by atoms with van der Waals surface area (Å²) in [6, 6.07) is 19.1. The Bertz CT molecular complexity index is 1180. The first kappa shape index (κ1) is 24.6. The Morgan fingerprint density at radius 1 is 0.919 bits per heavy atom.